The maximum absolute atomic E-state index is 12.7. The normalized spacial score (nSPS) is 12.3. The molecule has 9 heteroatoms. The average Bonchev–Trinajstić information content (AvgIpc) is 2.25. The lowest BCUT2D eigenvalue weighted by molar-refractivity contribution is -0.143. The molecule has 0 fully saturated rings. The quantitative estimate of drug-likeness (QED) is 0.862. The minimum absolute atomic E-state index is 0.537. The van der Waals surface area contributed by atoms with Crippen molar-refractivity contribution in [3.05, 3.63) is 29.3 Å². The molecule has 0 aromatic heterocycles. The van der Waals surface area contributed by atoms with Crippen LogP contribution in [0.25, 0.3) is 0 Å². The van der Waals surface area contributed by atoms with Gasteiger partial charge >= 0.3 is 18.3 Å². The molecule has 20 heavy (non-hydrogen) atoms. The van der Waals surface area contributed by atoms with Gasteiger partial charge in [-0.05, 0) is 12.1 Å². The van der Waals surface area contributed by atoms with Crippen LogP contribution in [0.1, 0.15) is 22.3 Å². The number of alkyl halides is 6. The van der Waals surface area contributed by atoms with E-state index in [1.54, 1.807) is 0 Å². The van der Waals surface area contributed by atoms with E-state index in [0.717, 1.165) is 12.1 Å². The summed E-state index contributed by atoms with van der Waals surface area (Å²) in [4.78, 5) is 10.8. The smallest absolute Gasteiger partial charge is 0.419 e. The summed E-state index contributed by atoms with van der Waals surface area (Å²) in [5, 5.41) is 8.75. The summed E-state index contributed by atoms with van der Waals surface area (Å²) in [5.41, 5.74) is -2.28. The van der Waals surface area contributed by atoms with Crippen molar-refractivity contribution < 1.29 is 41.0 Å². The van der Waals surface area contributed by atoms with Crippen molar-refractivity contribution in [1.29, 1.82) is 0 Å². The van der Waals surface area contributed by atoms with Gasteiger partial charge in [0, 0.05) is 0 Å². The summed E-state index contributed by atoms with van der Waals surface area (Å²) in [6.07, 6.45) is -11.0. The Labute approximate surface area is 108 Å². The molecule has 0 amide bonds. The lowest BCUT2D eigenvalue weighted by Crippen LogP contribution is -2.17. The van der Waals surface area contributed by atoms with E-state index in [4.69, 9.17) is 5.11 Å². The molecule has 1 aromatic rings. The van der Waals surface area contributed by atoms with Gasteiger partial charge in [0.25, 0.3) is 0 Å². The van der Waals surface area contributed by atoms with Crippen LogP contribution in [0, 0.1) is 0 Å². The zero-order chi connectivity index (χ0) is 15.6. The molecule has 0 radical (unpaired) electrons. The van der Waals surface area contributed by atoms with Crippen LogP contribution in [0.4, 0.5) is 26.3 Å². The van der Waals surface area contributed by atoms with Crippen molar-refractivity contribution in [2.75, 3.05) is 6.61 Å². The second kappa shape index (κ2) is 5.59. The number of rotatable bonds is 4. The molecule has 1 N–H and O–H groups in total. The van der Waals surface area contributed by atoms with Crippen molar-refractivity contribution in [3.63, 3.8) is 0 Å². The summed E-state index contributed by atoms with van der Waals surface area (Å²) in [6, 6.07) is 2.19. The Morgan fingerprint density at radius 1 is 1.15 bits per heavy atom. The molecule has 0 aliphatic rings. The maximum atomic E-state index is 12.7. The van der Waals surface area contributed by atoms with Crippen molar-refractivity contribution in [2.24, 2.45) is 0 Å². The fourth-order valence-corrected chi connectivity index (χ4v) is 1.35. The average molecular weight is 302 g/mol. The van der Waals surface area contributed by atoms with Gasteiger partial charge in [0.15, 0.2) is 0 Å². The van der Waals surface area contributed by atoms with Crippen LogP contribution in [0.5, 0.6) is 5.75 Å². The number of carbonyl (C=O) groups is 1. The number of hydrogen-bond acceptors (Lipinski definition) is 2. The van der Waals surface area contributed by atoms with E-state index in [1.165, 1.54) is 0 Å². The van der Waals surface area contributed by atoms with E-state index in [-0.39, 0.29) is 0 Å². The molecule has 0 atom stereocenters. The SMILES string of the molecule is O=C(O)c1cccc(C(F)(F)F)c1OCCC(F)(F)F. The number of aromatic carboxylic acids is 1. The Hall–Kier alpha value is -1.93. The minimum atomic E-state index is -4.93. The van der Waals surface area contributed by atoms with E-state index in [9.17, 15) is 31.1 Å². The standard InChI is InChI=1S/C11H8F6O3/c12-10(13,14)4-5-20-8-6(9(18)19)2-1-3-7(8)11(15,16)17/h1-3H,4-5H2,(H,18,19). The number of ether oxygens (including phenoxy) is 1. The van der Waals surface area contributed by atoms with E-state index >= 15 is 0 Å². The predicted octanol–water partition coefficient (Wildman–Crippen LogP) is 3.73. The first-order chi connectivity index (χ1) is 9.02. The second-order valence-corrected chi connectivity index (χ2v) is 3.70. The van der Waals surface area contributed by atoms with Crippen LogP contribution in [0.15, 0.2) is 18.2 Å². The lowest BCUT2D eigenvalue weighted by atomic mass is 10.1. The molecule has 112 valence electrons. The number of halogens is 6. The van der Waals surface area contributed by atoms with Gasteiger partial charge in [-0.2, -0.15) is 26.3 Å². The van der Waals surface area contributed by atoms with Crippen LogP contribution in [0.2, 0.25) is 0 Å². The number of para-hydroxylation sites is 1. The fourth-order valence-electron chi connectivity index (χ4n) is 1.35. The van der Waals surface area contributed by atoms with Crippen molar-refractivity contribution in [3.8, 4) is 5.75 Å². The van der Waals surface area contributed by atoms with E-state index < -0.39 is 48.2 Å². The molecule has 0 aliphatic heterocycles. The van der Waals surface area contributed by atoms with E-state index in [0.29, 0.717) is 6.07 Å². The fraction of sp³-hybridized carbons (Fsp3) is 0.364. The van der Waals surface area contributed by atoms with Gasteiger partial charge in [0.2, 0.25) is 0 Å². The van der Waals surface area contributed by atoms with Crippen molar-refractivity contribution in [1.82, 2.24) is 0 Å². The first kappa shape index (κ1) is 16.1. The lowest BCUT2D eigenvalue weighted by Gasteiger charge is -2.16. The molecule has 0 spiro atoms. The van der Waals surface area contributed by atoms with E-state index in [1.807, 2.05) is 0 Å². The first-order valence-electron chi connectivity index (χ1n) is 5.15. The molecule has 0 heterocycles. The maximum Gasteiger partial charge on any atom is 0.419 e. The molecule has 0 saturated heterocycles. The Morgan fingerprint density at radius 2 is 1.75 bits per heavy atom. The summed E-state index contributed by atoms with van der Waals surface area (Å²) in [7, 11) is 0. The Balaban J connectivity index is 3.10. The predicted molar refractivity (Wildman–Crippen MR) is 54.6 cm³/mol. The molecular formula is C11H8F6O3. The molecule has 0 bridgehead atoms. The Bertz CT molecular complexity index is 492. The molecule has 0 saturated carbocycles. The Morgan fingerprint density at radius 3 is 2.20 bits per heavy atom. The summed E-state index contributed by atoms with van der Waals surface area (Å²) in [5.74, 6) is -2.84. The van der Waals surface area contributed by atoms with E-state index in [2.05, 4.69) is 4.74 Å². The topological polar surface area (TPSA) is 46.5 Å². The molecular weight excluding hydrogens is 294 g/mol. The highest BCUT2D eigenvalue weighted by atomic mass is 19.4. The second-order valence-electron chi connectivity index (χ2n) is 3.70. The molecule has 1 rings (SSSR count). The molecule has 0 unspecified atom stereocenters. The van der Waals surface area contributed by atoms with Crippen LogP contribution in [-0.4, -0.2) is 23.9 Å². The van der Waals surface area contributed by atoms with Gasteiger partial charge in [-0.25, -0.2) is 4.79 Å². The zero-order valence-corrected chi connectivity index (χ0v) is 9.68. The molecule has 3 nitrogen and oxygen atoms in total. The summed E-state index contributed by atoms with van der Waals surface area (Å²) < 4.78 is 78.2. The first-order valence-corrected chi connectivity index (χ1v) is 5.15. The highest BCUT2D eigenvalue weighted by molar-refractivity contribution is 5.91. The van der Waals surface area contributed by atoms with Crippen molar-refractivity contribution >= 4 is 5.97 Å². The Kier molecular flexibility index (Phi) is 4.51. The largest absolute Gasteiger partial charge is 0.492 e. The van der Waals surface area contributed by atoms with Gasteiger partial charge in [0.05, 0.1) is 18.6 Å². The third-order valence-electron chi connectivity index (χ3n) is 2.18. The third-order valence-corrected chi connectivity index (χ3v) is 2.18. The van der Waals surface area contributed by atoms with Crippen LogP contribution in [0.3, 0.4) is 0 Å². The monoisotopic (exact) mass is 302 g/mol. The van der Waals surface area contributed by atoms with Crippen LogP contribution in [-0.2, 0) is 6.18 Å². The van der Waals surface area contributed by atoms with Gasteiger partial charge in [-0.1, -0.05) is 6.07 Å². The van der Waals surface area contributed by atoms with Gasteiger partial charge in [-0.15, -0.1) is 0 Å². The molecule has 0 aliphatic carbocycles. The number of carboxylic acids is 1. The highest BCUT2D eigenvalue weighted by Crippen LogP contribution is 2.38. The zero-order valence-electron chi connectivity index (χ0n) is 9.68. The van der Waals surface area contributed by atoms with Crippen LogP contribution >= 0.6 is 0 Å². The summed E-state index contributed by atoms with van der Waals surface area (Å²) in [6.45, 7) is -1.10. The number of carboxylic acid groups (broad SMARTS) is 1. The van der Waals surface area contributed by atoms with Gasteiger partial charge in [0.1, 0.15) is 11.3 Å². The van der Waals surface area contributed by atoms with Crippen LogP contribution < -0.4 is 4.74 Å². The molecule has 1 aromatic carbocycles. The summed E-state index contributed by atoms with van der Waals surface area (Å²) >= 11 is 0. The number of hydrogen-bond donors (Lipinski definition) is 1. The van der Waals surface area contributed by atoms with Gasteiger partial charge in [-0.3, -0.25) is 0 Å². The highest BCUT2D eigenvalue weighted by Gasteiger charge is 2.37. The number of benzene rings is 1. The van der Waals surface area contributed by atoms with Crippen molar-refractivity contribution in [2.45, 2.75) is 18.8 Å². The third kappa shape index (κ3) is 4.32. The van der Waals surface area contributed by atoms with Gasteiger partial charge < -0.3 is 9.84 Å². The minimum Gasteiger partial charge on any atom is -0.492 e.